The lowest BCUT2D eigenvalue weighted by Gasteiger charge is -2.09. The number of nitrogen functional groups attached to an aromatic ring is 1. The molecule has 2 rings (SSSR count). The lowest BCUT2D eigenvalue weighted by Crippen LogP contribution is -2.27. The highest BCUT2D eigenvalue weighted by atomic mass is 35.5. The summed E-state index contributed by atoms with van der Waals surface area (Å²) < 4.78 is 38.9. The zero-order chi connectivity index (χ0) is 17.2. The largest absolute Gasteiger partial charge is 0.396 e. The van der Waals surface area contributed by atoms with Crippen LogP contribution < -0.4 is 16.5 Å². The van der Waals surface area contributed by atoms with E-state index in [2.05, 4.69) is 10.3 Å². The molecule has 0 aliphatic heterocycles. The first-order chi connectivity index (χ1) is 10.7. The molecule has 0 saturated carbocycles. The van der Waals surface area contributed by atoms with E-state index < -0.39 is 18.5 Å². The number of pyridine rings is 1. The van der Waals surface area contributed by atoms with Crippen molar-refractivity contribution >= 4 is 34.7 Å². The van der Waals surface area contributed by atoms with Crippen LogP contribution in [0.5, 0.6) is 0 Å². The summed E-state index contributed by atoms with van der Waals surface area (Å²) in [6.45, 7) is -0.368. The molecule has 1 amide bonds. The molecule has 126 valence electrons. The molecule has 0 aliphatic rings. The van der Waals surface area contributed by atoms with Gasteiger partial charge in [0.2, 0.25) is 0 Å². The fourth-order valence-corrected chi connectivity index (χ4v) is 2.24. The molecule has 7 nitrogen and oxygen atoms in total. The van der Waals surface area contributed by atoms with Gasteiger partial charge in [-0.25, -0.2) is 10.5 Å². The molecule has 2 aromatic rings. The van der Waals surface area contributed by atoms with E-state index in [9.17, 15) is 18.0 Å². The number of anilines is 2. The summed E-state index contributed by atoms with van der Waals surface area (Å²) in [5, 5.41) is 11.3. The highest BCUT2D eigenvalue weighted by molar-refractivity contribution is 6.30. The molecule has 0 saturated heterocycles. The molecule has 0 aromatic carbocycles. The zero-order valence-corrected chi connectivity index (χ0v) is 12.4. The van der Waals surface area contributed by atoms with Gasteiger partial charge in [0.1, 0.15) is 5.82 Å². The fraction of sp³-hybridized carbons (Fsp3) is 0.333. The van der Waals surface area contributed by atoms with Crippen molar-refractivity contribution in [1.82, 2.24) is 14.9 Å². The second-order valence-electron chi connectivity index (χ2n) is 4.72. The topological polar surface area (TPSA) is 105 Å². The Morgan fingerprint density at radius 1 is 1.48 bits per heavy atom. The van der Waals surface area contributed by atoms with Crippen molar-refractivity contribution < 1.29 is 23.2 Å². The Kier molecular flexibility index (Phi) is 4.85. The molecule has 2 aromatic heterocycles. The number of aryl methyl sites for hydroxylation is 1. The van der Waals surface area contributed by atoms with Crippen molar-refractivity contribution in [2.24, 2.45) is 0 Å². The second-order valence-corrected chi connectivity index (χ2v) is 5.15. The zero-order valence-electron chi connectivity index (χ0n) is 11.6. The molecule has 11 heteroatoms. The maximum atomic E-state index is 12.5. The van der Waals surface area contributed by atoms with E-state index in [0.717, 1.165) is 0 Å². The molecule has 5 N–H and O–H groups in total. The van der Waals surface area contributed by atoms with E-state index in [0.29, 0.717) is 0 Å². The highest BCUT2D eigenvalue weighted by Crippen LogP contribution is 2.29. The van der Waals surface area contributed by atoms with Crippen molar-refractivity contribution in [3.05, 3.63) is 23.0 Å². The molecule has 0 fully saturated rings. The maximum absolute atomic E-state index is 12.5. The van der Waals surface area contributed by atoms with Crippen LogP contribution in [0.25, 0.3) is 5.65 Å². The van der Waals surface area contributed by atoms with Gasteiger partial charge in [0.05, 0.1) is 22.9 Å². The first-order valence-corrected chi connectivity index (χ1v) is 6.78. The number of nitrogens with one attached hydrogen (secondary N) is 2. The summed E-state index contributed by atoms with van der Waals surface area (Å²) >= 11 is 5.88. The first kappa shape index (κ1) is 17.2. The number of rotatable bonds is 5. The molecular weight excluding hydrogens is 339 g/mol. The summed E-state index contributed by atoms with van der Waals surface area (Å²) in [4.78, 5) is 15.2. The number of fused-ring (bicyclic) bond motifs is 1. The van der Waals surface area contributed by atoms with Gasteiger partial charge in [-0.3, -0.25) is 14.4 Å². The Morgan fingerprint density at radius 2 is 2.17 bits per heavy atom. The van der Waals surface area contributed by atoms with E-state index in [1.54, 1.807) is 0 Å². The van der Waals surface area contributed by atoms with Crippen LogP contribution in [0, 0.1) is 0 Å². The fourth-order valence-electron chi connectivity index (χ4n) is 2.03. The Bertz CT molecular complexity index is 732. The molecule has 0 bridgehead atoms. The van der Waals surface area contributed by atoms with E-state index in [-0.39, 0.29) is 40.8 Å². The van der Waals surface area contributed by atoms with Crippen LogP contribution in [0.15, 0.2) is 12.3 Å². The number of hydrogen-bond donors (Lipinski definition) is 4. The Hall–Kier alpha value is -2.20. The van der Waals surface area contributed by atoms with Crippen molar-refractivity contribution in [3.8, 4) is 0 Å². The average Bonchev–Trinajstić information content (AvgIpc) is 2.79. The van der Waals surface area contributed by atoms with Gasteiger partial charge in [-0.1, -0.05) is 11.6 Å². The minimum atomic E-state index is -4.35. The Labute approximate surface area is 133 Å². The smallest absolute Gasteiger partial charge is 0.389 e. The van der Waals surface area contributed by atoms with Gasteiger partial charge in [-0.05, 0) is 6.07 Å². The minimum Gasteiger partial charge on any atom is -0.396 e. The number of hydroxylamine groups is 1. The SMILES string of the molecule is Nc1cc(Cl)cn2c(CCC(F)(F)F)c(NCC(=O)NO)nc12. The number of halogens is 4. The number of alkyl halides is 3. The van der Waals surface area contributed by atoms with Crippen LogP contribution in [0.2, 0.25) is 5.02 Å². The molecule has 23 heavy (non-hydrogen) atoms. The molecule has 0 atom stereocenters. The predicted molar refractivity (Wildman–Crippen MR) is 77.4 cm³/mol. The minimum absolute atomic E-state index is 0.0619. The lowest BCUT2D eigenvalue weighted by atomic mass is 10.2. The number of carbonyl (C=O) groups excluding carboxylic acids is 1. The number of hydrogen-bond acceptors (Lipinski definition) is 5. The molecule has 0 radical (unpaired) electrons. The third-order valence-electron chi connectivity index (χ3n) is 3.00. The van der Waals surface area contributed by atoms with Crippen molar-refractivity contribution in [2.75, 3.05) is 17.6 Å². The monoisotopic (exact) mass is 351 g/mol. The number of aromatic nitrogens is 2. The Morgan fingerprint density at radius 3 is 2.78 bits per heavy atom. The molecular formula is C12H13ClF3N5O2. The van der Waals surface area contributed by atoms with E-state index in [1.165, 1.54) is 22.1 Å². The molecule has 0 unspecified atom stereocenters. The summed E-state index contributed by atoms with van der Waals surface area (Å²) in [7, 11) is 0. The van der Waals surface area contributed by atoms with Crippen LogP contribution in [0.4, 0.5) is 24.7 Å². The van der Waals surface area contributed by atoms with Crippen LogP contribution in [-0.4, -0.2) is 33.2 Å². The highest BCUT2D eigenvalue weighted by Gasteiger charge is 2.28. The summed E-state index contributed by atoms with van der Waals surface area (Å²) in [6.07, 6.45) is -4.42. The van der Waals surface area contributed by atoms with Crippen LogP contribution >= 0.6 is 11.6 Å². The summed E-state index contributed by atoms with van der Waals surface area (Å²) in [5.74, 6) is -0.707. The van der Waals surface area contributed by atoms with Crippen LogP contribution in [-0.2, 0) is 11.2 Å². The normalized spacial score (nSPS) is 11.7. The van der Waals surface area contributed by atoms with Crippen LogP contribution in [0.3, 0.4) is 0 Å². The standard InChI is InChI=1S/C12H13ClF3N5O2/c13-6-3-7(17)11-19-10(18-4-9(22)20-23)8(21(11)5-6)1-2-12(14,15)16/h3,5,18,23H,1-2,4,17H2,(H,20,22). The number of carbonyl (C=O) groups is 1. The van der Waals surface area contributed by atoms with Gasteiger partial charge in [0.25, 0.3) is 5.91 Å². The first-order valence-electron chi connectivity index (χ1n) is 6.41. The number of nitrogens with two attached hydrogens (primary N) is 1. The summed E-state index contributed by atoms with van der Waals surface area (Å²) in [6, 6.07) is 1.42. The third-order valence-corrected chi connectivity index (χ3v) is 3.21. The molecule has 2 heterocycles. The second kappa shape index (κ2) is 6.50. The predicted octanol–water partition coefficient (Wildman–Crippen LogP) is 1.98. The van der Waals surface area contributed by atoms with Crippen molar-refractivity contribution in [3.63, 3.8) is 0 Å². The van der Waals surface area contributed by atoms with Crippen molar-refractivity contribution in [2.45, 2.75) is 19.0 Å². The summed E-state index contributed by atoms with van der Waals surface area (Å²) in [5.41, 5.74) is 7.75. The van der Waals surface area contributed by atoms with Crippen LogP contribution in [0.1, 0.15) is 12.1 Å². The Balaban J connectivity index is 2.42. The van der Waals surface area contributed by atoms with Crippen molar-refractivity contribution in [1.29, 1.82) is 0 Å². The third kappa shape index (κ3) is 4.17. The van der Waals surface area contributed by atoms with Gasteiger partial charge in [0.15, 0.2) is 5.65 Å². The number of imidazole rings is 1. The maximum Gasteiger partial charge on any atom is 0.389 e. The molecule has 0 spiro atoms. The van der Waals surface area contributed by atoms with Gasteiger partial charge in [-0.2, -0.15) is 13.2 Å². The lowest BCUT2D eigenvalue weighted by molar-refractivity contribution is -0.134. The van der Waals surface area contributed by atoms with E-state index in [4.69, 9.17) is 22.5 Å². The number of nitrogens with zero attached hydrogens (tertiary/aromatic N) is 2. The average molecular weight is 352 g/mol. The van der Waals surface area contributed by atoms with Gasteiger partial charge < -0.3 is 11.1 Å². The molecule has 0 aliphatic carbocycles. The quantitative estimate of drug-likeness (QED) is 0.487. The number of amides is 1. The van der Waals surface area contributed by atoms with E-state index >= 15 is 0 Å². The van der Waals surface area contributed by atoms with Gasteiger partial charge in [-0.15, -0.1) is 0 Å². The van der Waals surface area contributed by atoms with E-state index in [1.807, 2.05) is 0 Å². The van der Waals surface area contributed by atoms with Gasteiger partial charge in [0, 0.05) is 19.0 Å². The van der Waals surface area contributed by atoms with Gasteiger partial charge >= 0.3 is 6.18 Å².